The number of rotatable bonds is 6. The van der Waals surface area contributed by atoms with E-state index in [4.69, 9.17) is 21.1 Å². The third-order valence-electron chi connectivity index (χ3n) is 3.38. The third kappa shape index (κ3) is 3.40. The molecule has 0 saturated heterocycles. The van der Waals surface area contributed by atoms with Crippen LogP contribution in [-0.4, -0.2) is 20.3 Å². The SMILES string of the molecule is COCCOc1ccc(C(Cl)C2CCC2)cc1Br. The molecule has 1 fully saturated rings. The Hall–Kier alpha value is -0.250. The lowest BCUT2D eigenvalue weighted by Gasteiger charge is -2.30. The molecule has 1 aromatic rings. The molecule has 0 N–H and O–H groups in total. The van der Waals surface area contributed by atoms with Gasteiger partial charge in [0.15, 0.2) is 0 Å². The second kappa shape index (κ2) is 6.78. The predicted octanol–water partition coefficient (Wildman–Crippen LogP) is 4.55. The van der Waals surface area contributed by atoms with Crippen LogP contribution in [0.15, 0.2) is 22.7 Å². The van der Waals surface area contributed by atoms with Crippen LogP contribution in [0.5, 0.6) is 5.75 Å². The molecule has 18 heavy (non-hydrogen) atoms. The number of ether oxygens (including phenoxy) is 2. The Kier molecular flexibility index (Phi) is 5.34. The summed E-state index contributed by atoms with van der Waals surface area (Å²) < 4.78 is 11.5. The quantitative estimate of drug-likeness (QED) is 0.561. The number of hydrogen-bond acceptors (Lipinski definition) is 2. The van der Waals surface area contributed by atoms with Crippen molar-refractivity contribution in [2.24, 2.45) is 5.92 Å². The summed E-state index contributed by atoms with van der Waals surface area (Å²) in [7, 11) is 1.66. The van der Waals surface area contributed by atoms with Crippen LogP contribution in [0, 0.1) is 5.92 Å². The first-order chi connectivity index (χ1) is 8.72. The zero-order valence-corrected chi connectivity index (χ0v) is 12.8. The van der Waals surface area contributed by atoms with E-state index in [9.17, 15) is 0 Å². The van der Waals surface area contributed by atoms with E-state index in [1.165, 1.54) is 24.8 Å². The summed E-state index contributed by atoms with van der Waals surface area (Å²) in [6.45, 7) is 1.15. The van der Waals surface area contributed by atoms with E-state index in [2.05, 4.69) is 28.1 Å². The van der Waals surface area contributed by atoms with Crippen molar-refractivity contribution in [2.45, 2.75) is 24.6 Å². The summed E-state index contributed by atoms with van der Waals surface area (Å²) in [5.74, 6) is 1.48. The first-order valence-electron chi connectivity index (χ1n) is 6.27. The van der Waals surface area contributed by atoms with Crippen molar-refractivity contribution in [3.8, 4) is 5.75 Å². The molecule has 0 aliphatic heterocycles. The van der Waals surface area contributed by atoms with E-state index >= 15 is 0 Å². The van der Waals surface area contributed by atoms with Crippen LogP contribution in [0.2, 0.25) is 0 Å². The van der Waals surface area contributed by atoms with Gasteiger partial charge in [-0.25, -0.2) is 0 Å². The average Bonchev–Trinajstić information content (AvgIpc) is 2.29. The van der Waals surface area contributed by atoms with Crippen molar-refractivity contribution >= 4 is 27.5 Å². The molecule has 0 radical (unpaired) electrons. The summed E-state index contributed by atoms with van der Waals surface area (Å²) in [4.78, 5) is 0. The van der Waals surface area contributed by atoms with Gasteiger partial charge in [0, 0.05) is 7.11 Å². The zero-order chi connectivity index (χ0) is 13.0. The van der Waals surface area contributed by atoms with Crippen molar-refractivity contribution < 1.29 is 9.47 Å². The Balaban J connectivity index is 1.99. The minimum absolute atomic E-state index is 0.128. The van der Waals surface area contributed by atoms with Gasteiger partial charge in [0.05, 0.1) is 16.5 Å². The number of hydrogen-bond donors (Lipinski definition) is 0. The summed E-state index contributed by atoms with van der Waals surface area (Å²) in [5.41, 5.74) is 1.17. The molecule has 1 aromatic carbocycles. The molecule has 2 rings (SSSR count). The largest absolute Gasteiger partial charge is 0.490 e. The highest BCUT2D eigenvalue weighted by Gasteiger charge is 2.27. The van der Waals surface area contributed by atoms with Crippen LogP contribution < -0.4 is 4.74 Å². The molecule has 1 aliphatic carbocycles. The molecule has 2 nitrogen and oxygen atoms in total. The van der Waals surface area contributed by atoms with Crippen LogP contribution in [-0.2, 0) is 4.74 Å². The van der Waals surface area contributed by atoms with E-state index in [1.54, 1.807) is 7.11 Å². The van der Waals surface area contributed by atoms with E-state index in [0.29, 0.717) is 19.1 Å². The zero-order valence-electron chi connectivity index (χ0n) is 10.5. The standard InChI is InChI=1S/C14H18BrClO2/c1-17-7-8-18-13-6-5-11(9-12(13)15)14(16)10-3-2-4-10/h5-6,9-10,14H,2-4,7-8H2,1H3. The molecule has 0 spiro atoms. The van der Waals surface area contributed by atoms with Gasteiger partial charge in [-0.3, -0.25) is 0 Å². The molecule has 0 aromatic heterocycles. The fourth-order valence-corrected chi connectivity index (χ4v) is 2.94. The van der Waals surface area contributed by atoms with Crippen molar-refractivity contribution in [1.29, 1.82) is 0 Å². The Morgan fingerprint density at radius 2 is 2.17 bits per heavy atom. The molecule has 1 atom stereocenters. The van der Waals surface area contributed by atoms with Gasteiger partial charge < -0.3 is 9.47 Å². The minimum Gasteiger partial charge on any atom is -0.490 e. The van der Waals surface area contributed by atoms with Gasteiger partial charge in [-0.05, 0) is 52.4 Å². The van der Waals surface area contributed by atoms with Crippen molar-refractivity contribution in [2.75, 3.05) is 20.3 Å². The maximum absolute atomic E-state index is 6.48. The summed E-state index contributed by atoms with van der Waals surface area (Å²) in [6.07, 6.45) is 3.81. The van der Waals surface area contributed by atoms with Gasteiger partial charge in [-0.1, -0.05) is 12.5 Å². The lowest BCUT2D eigenvalue weighted by Crippen LogP contribution is -2.16. The molecular formula is C14H18BrClO2. The number of halogens is 2. The summed E-state index contributed by atoms with van der Waals surface area (Å²) in [5, 5.41) is 0.128. The Morgan fingerprint density at radius 1 is 1.39 bits per heavy atom. The third-order valence-corrected chi connectivity index (χ3v) is 4.61. The van der Waals surface area contributed by atoms with Crippen LogP contribution in [0.3, 0.4) is 0 Å². The molecule has 1 unspecified atom stereocenters. The van der Waals surface area contributed by atoms with Gasteiger partial charge in [0.1, 0.15) is 12.4 Å². The highest BCUT2D eigenvalue weighted by Crippen LogP contribution is 2.43. The van der Waals surface area contributed by atoms with Crippen LogP contribution in [0.1, 0.15) is 30.2 Å². The lowest BCUT2D eigenvalue weighted by atomic mass is 9.80. The lowest BCUT2D eigenvalue weighted by molar-refractivity contribution is 0.146. The van der Waals surface area contributed by atoms with Gasteiger partial charge >= 0.3 is 0 Å². The van der Waals surface area contributed by atoms with Crippen molar-refractivity contribution in [3.63, 3.8) is 0 Å². The molecule has 100 valence electrons. The van der Waals surface area contributed by atoms with Crippen LogP contribution >= 0.6 is 27.5 Å². The maximum atomic E-state index is 6.48. The van der Waals surface area contributed by atoms with Crippen LogP contribution in [0.4, 0.5) is 0 Å². The number of benzene rings is 1. The Bertz CT molecular complexity index is 393. The van der Waals surface area contributed by atoms with E-state index in [-0.39, 0.29) is 5.38 Å². The molecular weight excluding hydrogens is 316 g/mol. The maximum Gasteiger partial charge on any atom is 0.133 e. The van der Waals surface area contributed by atoms with Crippen molar-refractivity contribution in [3.05, 3.63) is 28.2 Å². The fraction of sp³-hybridized carbons (Fsp3) is 0.571. The number of methoxy groups -OCH3 is 1. The Morgan fingerprint density at radius 3 is 2.72 bits per heavy atom. The second-order valence-corrected chi connectivity index (χ2v) is 5.95. The molecule has 0 heterocycles. The summed E-state index contributed by atoms with van der Waals surface area (Å²) >= 11 is 10.0. The molecule has 1 saturated carbocycles. The molecule has 0 bridgehead atoms. The topological polar surface area (TPSA) is 18.5 Å². The smallest absolute Gasteiger partial charge is 0.133 e. The minimum atomic E-state index is 0.128. The highest BCUT2D eigenvalue weighted by atomic mass is 79.9. The van der Waals surface area contributed by atoms with Crippen LogP contribution in [0.25, 0.3) is 0 Å². The van der Waals surface area contributed by atoms with Gasteiger partial charge in [0.25, 0.3) is 0 Å². The summed E-state index contributed by atoms with van der Waals surface area (Å²) in [6, 6.07) is 6.10. The van der Waals surface area contributed by atoms with E-state index in [1.807, 2.05) is 6.07 Å². The van der Waals surface area contributed by atoms with E-state index < -0.39 is 0 Å². The number of alkyl halides is 1. The first kappa shape index (κ1) is 14.2. The molecule has 1 aliphatic rings. The normalized spacial score (nSPS) is 17.3. The predicted molar refractivity (Wildman–Crippen MR) is 77.4 cm³/mol. The van der Waals surface area contributed by atoms with Gasteiger partial charge in [-0.2, -0.15) is 0 Å². The van der Waals surface area contributed by atoms with Gasteiger partial charge in [0.2, 0.25) is 0 Å². The Labute approximate surface area is 122 Å². The van der Waals surface area contributed by atoms with Gasteiger partial charge in [-0.15, -0.1) is 11.6 Å². The average molecular weight is 334 g/mol. The second-order valence-electron chi connectivity index (χ2n) is 4.62. The van der Waals surface area contributed by atoms with E-state index in [0.717, 1.165) is 10.2 Å². The molecule has 0 amide bonds. The molecule has 4 heteroatoms. The monoisotopic (exact) mass is 332 g/mol. The highest BCUT2D eigenvalue weighted by molar-refractivity contribution is 9.10. The van der Waals surface area contributed by atoms with Crippen molar-refractivity contribution in [1.82, 2.24) is 0 Å². The fourth-order valence-electron chi connectivity index (χ4n) is 2.05. The first-order valence-corrected chi connectivity index (χ1v) is 7.50.